The summed E-state index contributed by atoms with van der Waals surface area (Å²) < 4.78 is 0. The van der Waals surface area contributed by atoms with Gasteiger partial charge in [-0.2, -0.15) is 0 Å². The maximum atomic E-state index is 14.9. The lowest BCUT2D eigenvalue weighted by Crippen LogP contribution is -2.59. The van der Waals surface area contributed by atoms with Crippen LogP contribution in [0.15, 0.2) is 84.9 Å². The highest BCUT2D eigenvalue weighted by atomic mass is 16.2. The van der Waals surface area contributed by atoms with Crippen molar-refractivity contribution in [2.24, 2.45) is 34.5 Å². The summed E-state index contributed by atoms with van der Waals surface area (Å²) in [6, 6.07) is 21.1. The van der Waals surface area contributed by atoms with Crippen LogP contribution in [0.5, 0.6) is 0 Å². The lowest BCUT2D eigenvalue weighted by molar-refractivity contribution is -0.143. The highest BCUT2D eigenvalue weighted by Crippen LogP contribution is 2.43. The van der Waals surface area contributed by atoms with Crippen LogP contribution >= 0.6 is 0 Å². The summed E-state index contributed by atoms with van der Waals surface area (Å²) in [6.45, 7) is 13.7. The summed E-state index contributed by atoms with van der Waals surface area (Å²) in [6.07, 6.45) is 1.72. The Morgan fingerprint density at radius 3 is 1.51 bits per heavy atom. The SMILES string of the molecule is CNC(C)C(=O)NC(C(=O)N1CCC2CCC(C(=O)CNC(=O)C(=O)NCC(=O)N3CC(C(=O)Nc4cccc5ccccc45)C4C3CCN4C(=O)C(NC(=O)C(C)NC)C(C)(C)C)CC(C(=O)Nc3cccc4ccccc34)C21)C(C)(C)C. The Labute approximate surface area is 491 Å². The zero-order valence-corrected chi connectivity index (χ0v) is 49.9. The number of ketones is 1. The van der Waals surface area contributed by atoms with Gasteiger partial charge in [-0.05, 0) is 99.7 Å². The van der Waals surface area contributed by atoms with Gasteiger partial charge in [-0.3, -0.25) is 47.9 Å². The van der Waals surface area contributed by atoms with Crippen LogP contribution in [0, 0.1) is 34.5 Å². The molecule has 4 aromatic rings. The number of hydrogen-bond donors (Lipinski definition) is 8. The van der Waals surface area contributed by atoms with E-state index in [-0.39, 0.29) is 49.1 Å². The number of likely N-dealkylation sites (N-methyl/N-ethyl adjacent to an activating group) is 2. The Balaban J connectivity index is 0.957. The minimum atomic E-state index is -1.18. The highest BCUT2D eigenvalue weighted by molar-refractivity contribution is 6.35. The number of carbonyl (C=O) groups excluding carboxylic acids is 10. The van der Waals surface area contributed by atoms with Crippen molar-refractivity contribution in [1.29, 1.82) is 0 Å². The molecule has 4 aliphatic rings. The van der Waals surface area contributed by atoms with E-state index in [9.17, 15) is 47.9 Å². The van der Waals surface area contributed by atoms with Gasteiger partial charge in [0.05, 0.1) is 49.1 Å². The van der Waals surface area contributed by atoms with Crippen molar-refractivity contribution in [3.63, 3.8) is 0 Å². The van der Waals surface area contributed by atoms with Gasteiger partial charge in [-0.1, -0.05) is 114 Å². The van der Waals surface area contributed by atoms with E-state index < -0.39 is 119 Å². The van der Waals surface area contributed by atoms with Crippen molar-refractivity contribution in [2.75, 3.05) is 57.5 Å². The summed E-state index contributed by atoms with van der Waals surface area (Å²) in [4.78, 5) is 146. The van der Waals surface area contributed by atoms with Gasteiger partial charge in [0.15, 0.2) is 5.78 Å². The Hall–Kier alpha value is -7.78. The number of fused-ring (bicyclic) bond motifs is 4. The molecule has 4 aromatic carbocycles. The summed E-state index contributed by atoms with van der Waals surface area (Å²) >= 11 is 0. The van der Waals surface area contributed by atoms with Crippen LogP contribution in [0.4, 0.5) is 11.4 Å². The first kappa shape index (κ1) is 62.3. The quantitative estimate of drug-likeness (QED) is 0.0704. The average molecular weight is 1150 g/mol. The van der Waals surface area contributed by atoms with Crippen LogP contribution < -0.4 is 42.5 Å². The maximum Gasteiger partial charge on any atom is 0.309 e. The van der Waals surface area contributed by atoms with Crippen LogP contribution in [0.2, 0.25) is 0 Å². The summed E-state index contributed by atoms with van der Waals surface area (Å²) in [5, 5.41) is 26.1. The monoisotopic (exact) mass is 1150 g/mol. The molecule has 0 aromatic heterocycles. The normalized spacial score (nSPS) is 22.8. The largest absolute Gasteiger partial charge is 0.342 e. The Kier molecular flexibility index (Phi) is 19.3. The van der Waals surface area contributed by atoms with Gasteiger partial charge < -0.3 is 57.2 Å². The molecular weight excluding hydrogens is 1070 g/mol. The Morgan fingerprint density at radius 1 is 0.536 bits per heavy atom. The molecule has 3 aliphatic heterocycles. The highest BCUT2D eigenvalue weighted by Gasteiger charge is 2.56. The third-order valence-electron chi connectivity index (χ3n) is 17.6. The number of Topliss-reactive ketones (excluding diaryl/α,β-unsaturated/α-hetero) is 1. The van der Waals surface area contributed by atoms with E-state index in [1.807, 2.05) is 114 Å². The summed E-state index contributed by atoms with van der Waals surface area (Å²) in [7, 11) is 3.29. The van der Waals surface area contributed by atoms with Gasteiger partial charge in [0, 0.05) is 53.7 Å². The van der Waals surface area contributed by atoms with Crippen molar-refractivity contribution in [2.45, 2.75) is 130 Å². The molecule has 11 unspecified atom stereocenters. The van der Waals surface area contributed by atoms with Crippen LogP contribution in [0.25, 0.3) is 21.5 Å². The van der Waals surface area contributed by atoms with Crippen molar-refractivity contribution in [3.8, 4) is 0 Å². The first-order chi connectivity index (χ1) is 39.8. The fourth-order valence-electron chi connectivity index (χ4n) is 12.7. The molecule has 0 bridgehead atoms. The lowest BCUT2D eigenvalue weighted by atomic mass is 9.82. The molecule has 8 N–H and O–H groups in total. The van der Waals surface area contributed by atoms with Crippen LogP contribution in [0.1, 0.15) is 87.5 Å². The number of nitrogens with one attached hydrogen (secondary N) is 8. The number of rotatable bonds is 17. The van der Waals surface area contributed by atoms with E-state index in [0.29, 0.717) is 43.6 Å². The van der Waals surface area contributed by atoms with Gasteiger partial charge in [0.25, 0.3) is 0 Å². The number of likely N-dealkylation sites (tertiary alicyclic amines) is 3. The summed E-state index contributed by atoms with van der Waals surface area (Å²) in [5.41, 5.74) is -0.347. The van der Waals surface area contributed by atoms with Crippen molar-refractivity contribution in [3.05, 3.63) is 84.9 Å². The average Bonchev–Trinajstić information content (AvgIpc) is 2.45. The molecule has 3 saturated heterocycles. The van der Waals surface area contributed by atoms with E-state index in [0.717, 1.165) is 21.5 Å². The molecule has 1 aliphatic carbocycles. The van der Waals surface area contributed by atoms with Gasteiger partial charge in [-0.25, -0.2) is 0 Å². The standard InChI is InChI=1S/C63H83N11O10/c1-35(64-9)54(77)70-52(62(3,4)5)60(83)72-29-27-39-25-26-40(31-43(50(39)72)56(79)68-45-23-15-19-37-17-11-13-21-41(37)45)48(75)32-66-58(81)59(82)67-33-49(76)74-34-44(57(80)69-46-24-16-20-38-18-12-14-22-42(38)46)51-47(74)28-30-73(51)61(84)53(63(6,7)8)71-55(78)36(2)65-10/h11-24,35-36,39-40,43-44,47,50-53,64-65H,25-34H2,1-10H3,(H,66,81)(H,67,82)(H,68,79)(H,69,80)(H,70,77)(H,71,78). The molecule has 3 heterocycles. The molecule has 21 nitrogen and oxygen atoms in total. The topological polar surface area (TPSA) is 277 Å². The second kappa shape index (κ2) is 26.0. The van der Waals surface area contributed by atoms with E-state index in [1.165, 1.54) is 4.90 Å². The molecule has 84 heavy (non-hydrogen) atoms. The van der Waals surface area contributed by atoms with Gasteiger partial charge >= 0.3 is 11.8 Å². The predicted molar refractivity (Wildman–Crippen MR) is 320 cm³/mol. The fraction of sp³-hybridized carbons (Fsp3) is 0.524. The minimum absolute atomic E-state index is 0.0311. The second-order valence-electron chi connectivity index (χ2n) is 25.2. The predicted octanol–water partition coefficient (Wildman–Crippen LogP) is 3.71. The zero-order valence-electron chi connectivity index (χ0n) is 49.9. The van der Waals surface area contributed by atoms with E-state index in [2.05, 4.69) is 42.5 Å². The van der Waals surface area contributed by atoms with E-state index in [1.54, 1.807) is 49.9 Å². The molecule has 21 heteroatoms. The van der Waals surface area contributed by atoms with Crippen molar-refractivity contribution < 1.29 is 47.9 Å². The number of hydrogen-bond acceptors (Lipinski definition) is 12. The number of amides is 9. The molecule has 0 spiro atoms. The third-order valence-corrected chi connectivity index (χ3v) is 17.6. The molecule has 9 amide bonds. The van der Waals surface area contributed by atoms with Crippen molar-refractivity contribution in [1.82, 2.24) is 46.6 Å². The smallest absolute Gasteiger partial charge is 0.309 e. The van der Waals surface area contributed by atoms with E-state index >= 15 is 0 Å². The molecule has 8 rings (SSSR count). The first-order valence-electron chi connectivity index (χ1n) is 29.3. The van der Waals surface area contributed by atoms with Crippen LogP contribution in [-0.2, 0) is 47.9 Å². The first-order valence-corrected chi connectivity index (χ1v) is 29.3. The number of benzene rings is 4. The molecule has 1 saturated carbocycles. The number of carbonyl (C=O) groups is 10. The second-order valence-corrected chi connectivity index (χ2v) is 25.2. The van der Waals surface area contributed by atoms with Gasteiger partial charge in [-0.15, -0.1) is 0 Å². The molecule has 450 valence electrons. The lowest BCUT2D eigenvalue weighted by Gasteiger charge is -2.39. The Morgan fingerprint density at radius 2 is 1.00 bits per heavy atom. The van der Waals surface area contributed by atoms with Crippen molar-refractivity contribution >= 4 is 91.9 Å². The molecule has 4 fully saturated rings. The van der Waals surface area contributed by atoms with E-state index in [4.69, 9.17) is 0 Å². The fourth-order valence-corrected chi connectivity index (χ4v) is 12.7. The summed E-state index contributed by atoms with van der Waals surface area (Å²) in [5.74, 6) is -8.40. The number of nitrogens with zero attached hydrogens (tertiary/aromatic N) is 3. The Bertz CT molecular complexity index is 3180. The molecular formula is C63H83N11O10. The maximum absolute atomic E-state index is 14.9. The third kappa shape index (κ3) is 13.6. The van der Waals surface area contributed by atoms with Gasteiger partial charge in [0.1, 0.15) is 12.1 Å². The van der Waals surface area contributed by atoms with Crippen LogP contribution in [-0.4, -0.2) is 163 Å². The molecule has 11 atom stereocenters. The zero-order chi connectivity index (χ0) is 60.9. The molecule has 0 radical (unpaired) electrons. The van der Waals surface area contributed by atoms with Gasteiger partial charge in [0.2, 0.25) is 41.4 Å². The van der Waals surface area contributed by atoms with Crippen LogP contribution in [0.3, 0.4) is 0 Å². The minimum Gasteiger partial charge on any atom is -0.342 e. The number of anilines is 2.